The maximum atomic E-state index is 10.3. The molecular weight excluding hydrogens is 467 g/mol. The first-order valence-electron chi connectivity index (χ1n) is 8.71. The van der Waals surface area contributed by atoms with Gasteiger partial charge in [0.25, 0.3) is 0 Å². The van der Waals surface area contributed by atoms with E-state index in [2.05, 4.69) is 19.1 Å². The molecule has 0 saturated heterocycles. The standard InChI is InChI=1S/C18H34O3.Ba.Zn/c1-2-3-4-11-14-17(19)15-12-9-7-5-6-8-10-13-16-18(20)21;;/h9,12,17,19H,2-8,10-11,13-16H2,1H3,(H,20,21);;/b12-9-;;/t17-;;/m1../s1. The van der Waals surface area contributed by atoms with Crippen LogP contribution in [0.4, 0.5) is 0 Å². The average Bonchev–Trinajstić information content (AvgIpc) is 2.45. The van der Waals surface area contributed by atoms with Crippen LogP contribution in [0.2, 0.25) is 0 Å². The fraction of sp³-hybridized carbons (Fsp3) is 0.833. The summed E-state index contributed by atoms with van der Waals surface area (Å²) < 4.78 is 0. The van der Waals surface area contributed by atoms with Gasteiger partial charge in [-0.1, -0.05) is 64.0 Å². The molecule has 3 nitrogen and oxygen atoms in total. The number of allylic oxidation sites excluding steroid dienone is 1. The van der Waals surface area contributed by atoms with Gasteiger partial charge in [-0.05, 0) is 32.1 Å². The summed E-state index contributed by atoms with van der Waals surface area (Å²) >= 11 is 0. The van der Waals surface area contributed by atoms with E-state index in [0.29, 0.717) is 6.42 Å². The van der Waals surface area contributed by atoms with Crippen LogP contribution in [0.25, 0.3) is 0 Å². The van der Waals surface area contributed by atoms with E-state index in [1.165, 1.54) is 25.7 Å². The van der Waals surface area contributed by atoms with Gasteiger partial charge in [0, 0.05) is 74.8 Å². The molecule has 5 heteroatoms. The zero-order chi connectivity index (χ0) is 15.8. The quantitative estimate of drug-likeness (QED) is 0.195. The predicted molar refractivity (Wildman–Crippen MR) is 94.2 cm³/mol. The average molecular weight is 501 g/mol. The van der Waals surface area contributed by atoms with Crippen molar-refractivity contribution in [1.29, 1.82) is 0 Å². The topological polar surface area (TPSA) is 57.5 Å². The minimum Gasteiger partial charge on any atom is -0.481 e. The zero-order valence-corrected chi connectivity index (χ0v) is 22.5. The summed E-state index contributed by atoms with van der Waals surface area (Å²) in [5, 5.41) is 18.3. The number of carboxylic acid groups (broad SMARTS) is 1. The summed E-state index contributed by atoms with van der Waals surface area (Å²) in [6.07, 6.45) is 17.4. The first-order valence-corrected chi connectivity index (χ1v) is 8.71. The van der Waals surface area contributed by atoms with Crippen LogP contribution in [-0.2, 0) is 24.3 Å². The first-order chi connectivity index (χ1) is 10.2. The van der Waals surface area contributed by atoms with Crippen LogP contribution in [0.5, 0.6) is 0 Å². The molecule has 0 rings (SSSR count). The SMILES string of the molecule is CCCCCC[C@@H](O)C/C=C\CCCCCCCC(=O)O.[Ba].[Zn]. The summed E-state index contributed by atoms with van der Waals surface area (Å²) in [5.74, 6) is -0.689. The maximum Gasteiger partial charge on any atom is 0.303 e. The van der Waals surface area contributed by atoms with Gasteiger partial charge >= 0.3 is 5.97 Å². The van der Waals surface area contributed by atoms with Crippen molar-refractivity contribution >= 4 is 54.9 Å². The molecule has 0 aliphatic heterocycles. The van der Waals surface area contributed by atoms with Crippen molar-refractivity contribution in [3.05, 3.63) is 12.2 Å². The van der Waals surface area contributed by atoms with Crippen LogP contribution < -0.4 is 0 Å². The van der Waals surface area contributed by atoms with Crippen LogP contribution in [0.1, 0.15) is 90.4 Å². The molecule has 0 aromatic heterocycles. The molecule has 0 heterocycles. The Labute approximate surface area is 195 Å². The Morgan fingerprint density at radius 1 is 0.957 bits per heavy atom. The third-order valence-electron chi connectivity index (χ3n) is 3.73. The Hall–Kier alpha value is 1.36. The molecule has 2 N–H and O–H groups in total. The molecule has 0 aromatic carbocycles. The Morgan fingerprint density at radius 3 is 2.22 bits per heavy atom. The van der Waals surface area contributed by atoms with Crippen molar-refractivity contribution < 1.29 is 34.5 Å². The second kappa shape index (κ2) is 23.4. The monoisotopic (exact) mass is 500 g/mol. The molecule has 2 radical (unpaired) electrons. The van der Waals surface area contributed by atoms with E-state index in [0.717, 1.165) is 51.4 Å². The fourth-order valence-electron chi connectivity index (χ4n) is 2.36. The molecule has 128 valence electrons. The second-order valence-corrected chi connectivity index (χ2v) is 5.91. The number of aliphatic hydroxyl groups excluding tert-OH is 1. The van der Waals surface area contributed by atoms with Gasteiger partial charge in [-0.3, -0.25) is 4.79 Å². The molecular formula is C18H34BaO3Zn. The summed E-state index contributed by atoms with van der Waals surface area (Å²) in [6.45, 7) is 2.20. The molecule has 0 saturated carbocycles. The van der Waals surface area contributed by atoms with Gasteiger partial charge in [0.2, 0.25) is 0 Å². The molecule has 0 spiro atoms. The number of hydrogen-bond donors (Lipinski definition) is 2. The predicted octanol–water partition coefficient (Wildman–Crippen LogP) is 4.70. The maximum absolute atomic E-state index is 10.3. The van der Waals surface area contributed by atoms with E-state index >= 15 is 0 Å². The van der Waals surface area contributed by atoms with Gasteiger partial charge in [0.1, 0.15) is 0 Å². The Balaban J connectivity index is -0.00000200. The van der Waals surface area contributed by atoms with Crippen molar-refractivity contribution in [3.63, 3.8) is 0 Å². The van der Waals surface area contributed by atoms with Crippen molar-refractivity contribution in [3.8, 4) is 0 Å². The van der Waals surface area contributed by atoms with Crippen LogP contribution in [0.15, 0.2) is 12.2 Å². The Morgan fingerprint density at radius 2 is 1.57 bits per heavy atom. The second-order valence-electron chi connectivity index (χ2n) is 5.91. The number of hydrogen-bond acceptors (Lipinski definition) is 2. The van der Waals surface area contributed by atoms with Gasteiger partial charge in [-0.25, -0.2) is 0 Å². The van der Waals surface area contributed by atoms with E-state index in [-0.39, 0.29) is 74.5 Å². The molecule has 0 fully saturated rings. The number of unbranched alkanes of at least 4 members (excludes halogenated alkanes) is 8. The summed E-state index contributed by atoms with van der Waals surface area (Å²) in [5.41, 5.74) is 0. The number of aliphatic hydroxyl groups is 1. The molecule has 0 aromatic rings. The van der Waals surface area contributed by atoms with E-state index in [1.807, 2.05) is 0 Å². The van der Waals surface area contributed by atoms with E-state index in [4.69, 9.17) is 5.11 Å². The molecule has 0 aliphatic rings. The molecule has 0 aliphatic carbocycles. The molecule has 1 atom stereocenters. The summed E-state index contributed by atoms with van der Waals surface area (Å²) in [4.78, 5) is 10.3. The van der Waals surface area contributed by atoms with Crippen LogP contribution >= 0.6 is 0 Å². The molecule has 0 unspecified atom stereocenters. The van der Waals surface area contributed by atoms with Crippen molar-refractivity contribution in [1.82, 2.24) is 0 Å². The smallest absolute Gasteiger partial charge is 0.303 e. The van der Waals surface area contributed by atoms with Crippen LogP contribution in [0.3, 0.4) is 0 Å². The van der Waals surface area contributed by atoms with Gasteiger partial charge < -0.3 is 10.2 Å². The molecule has 0 amide bonds. The number of carboxylic acids is 1. The minimum absolute atomic E-state index is 0. The first kappa shape index (κ1) is 29.1. The fourth-order valence-corrected chi connectivity index (χ4v) is 2.36. The van der Waals surface area contributed by atoms with E-state index < -0.39 is 5.97 Å². The minimum atomic E-state index is -0.689. The van der Waals surface area contributed by atoms with E-state index in [1.54, 1.807) is 0 Å². The van der Waals surface area contributed by atoms with Crippen molar-refractivity contribution in [2.45, 2.75) is 96.5 Å². The third-order valence-corrected chi connectivity index (χ3v) is 3.73. The van der Waals surface area contributed by atoms with Gasteiger partial charge in [0.15, 0.2) is 0 Å². The normalized spacial score (nSPS) is 11.7. The summed E-state index contributed by atoms with van der Waals surface area (Å²) in [6, 6.07) is 0. The third kappa shape index (κ3) is 25.7. The van der Waals surface area contributed by atoms with E-state index in [9.17, 15) is 9.90 Å². The Kier molecular flexibility index (Phi) is 29.6. The zero-order valence-electron chi connectivity index (χ0n) is 15.1. The van der Waals surface area contributed by atoms with Crippen LogP contribution in [-0.4, -0.2) is 71.2 Å². The van der Waals surface area contributed by atoms with Crippen molar-refractivity contribution in [2.24, 2.45) is 0 Å². The van der Waals surface area contributed by atoms with Gasteiger partial charge in [-0.2, -0.15) is 0 Å². The number of aliphatic carboxylic acids is 1. The molecule has 23 heavy (non-hydrogen) atoms. The van der Waals surface area contributed by atoms with Gasteiger partial charge in [0.05, 0.1) is 6.10 Å². The Bertz CT molecular complexity index is 273. The van der Waals surface area contributed by atoms with Gasteiger partial charge in [-0.15, -0.1) is 0 Å². The largest absolute Gasteiger partial charge is 0.481 e. The van der Waals surface area contributed by atoms with Crippen molar-refractivity contribution in [2.75, 3.05) is 0 Å². The summed E-state index contributed by atoms with van der Waals surface area (Å²) in [7, 11) is 0. The molecule has 0 bridgehead atoms. The number of carbonyl (C=O) groups is 1. The number of rotatable bonds is 15. The van der Waals surface area contributed by atoms with Crippen LogP contribution in [0, 0.1) is 0 Å².